The Morgan fingerprint density at radius 1 is 1.35 bits per heavy atom. The second-order valence-corrected chi connectivity index (χ2v) is 6.50. The van der Waals surface area contributed by atoms with E-state index in [4.69, 9.17) is 11.6 Å². The molecular formula is C17H21ClN4O. The van der Waals surface area contributed by atoms with E-state index in [-0.39, 0.29) is 11.3 Å². The number of halogens is 1. The Kier molecular flexibility index (Phi) is 4.98. The topological polar surface area (TPSA) is 59.0 Å². The van der Waals surface area contributed by atoms with E-state index in [9.17, 15) is 4.79 Å². The molecule has 2 aromatic rings. The molecule has 1 saturated heterocycles. The van der Waals surface area contributed by atoms with Crippen LogP contribution >= 0.6 is 11.6 Å². The molecular weight excluding hydrogens is 312 g/mol. The number of amides is 1. The Balaban J connectivity index is 1.50. The Hall–Kier alpha value is -1.85. The fraction of sp³-hybridized carbons (Fsp3) is 0.412. The molecule has 2 N–H and O–H groups in total. The molecule has 1 aliphatic heterocycles. The van der Waals surface area contributed by atoms with E-state index in [1.807, 2.05) is 41.2 Å². The first-order valence-corrected chi connectivity index (χ1v) is 8.27. The van der Waals surface area contributed by atoms with Gasteiger partial charge in [-0.2, -0.15) is 5.10 Å². The number of carbonyl (C=O) groups excluding carboxylic acids is 1. The van der Waals surface area contributed by atoms with Crippen LogP contribution in [-0.2, 0) is 17.8 Å². The van der Waals surface area contributed by atoms with Crippen molar-refractivity contribution in [3.8, 4) is 0 Å². The third-order valence-electron chi connectivity index (χ3n) is 4.27. The summed E-state index contributed by atoms with van der Waals surface area (Å²) in [5, 5.41) is 11.2. The minimum Gasteiger partial charge on any atom is -0.355 e. The maximum Gasteiger partial charge on any atom is 0.229 e. The third kappa shape index (κ3) is 3.92. The quantitative estimate of drug-likeness (QED) is 0.761. The molecule has 3 rings (SSSR count). The predicted octanol–water partition coefficient (Wildman–Crippen LogP) is 1.88. The van der Waals surface area contributed by atoms with E-state index in [0.717, 1.165) is 43.1 Å². The van der Waals surface area contributed by atoms with Crippen molar-refractivity contribution in [3.05, 3.63) is 53.3 Å². The highest BCUT2D eigenvalue weighted by atomic mass is 35.5. The van der Waals surface area contributed by atoms with Crippen LogP contribution in [-0.4, -0.2) is 35.3 Å². The highest BCUT2D eigenvalue weighted by Gasteiger charge is 2.43. The Morgan fingerprint density at radius 2 is 2.13 bits per heavy atom. The minimum absolute atomic E-state index is 0.131. The van der Waals surface area contributed by atoms with Crippen LogP contribution < -0.4 is 10.6 Å². The summed E-state index contributed by atoms with van der Waals surface area (Å²) >= 11 is 5.92. The third-order valence-corrected chi connectivity index (χ3v) is 4.52. The molecule has 23 heavy (non-hydrogen) atoms. The molecule has 1 aromatic heterocycles. The number of aromatic nitrogens is 2. The summed E-state index contributed by atoms with van der Waals surface area (Å²) in [6.07, 6.45) is 5.31. The van der Waals surface area contributed by atoms with Crippen molar-refractivity contribution in [2.24, 2.45) is 5.41 Å². The van der Waals surface area contributed by atoms with Crippen LogP contribution in [0.4, 0.5) is 0 Å². The lowest BCUT2D eigenvalue weighted by molar-refractivity contribution is -0.133. The molecule has 1 amide bonds. The van der Waals surface area contributed by atoms with Crippen molar-refractivity contribution in [1.29, 1.82) is 0 Å². The van der Waals surface area contributed by atoms with E-state index < -0.39 is 0 Å². The summed E-state index contributed by atoms with van der Waals surface area (Å²) in [7, 11) is 0. The standard InChI is InChI=1S/C17H21ClN4O/c18-15-5-3-14(4-6-15)11-17(12-19-13-17)16(23)20-7-1-9-22-10-2-8-21-22/h2-6,8,10,19H,1,7,9,11-13H2,(H,20,23). The molecule has 0 unspecified atom stereocenters. The summed E-state index contributed by atoms with van der Waals surface area (Å²) in [4.78, 5) is 12.6. The van der Waals surface area contributed by atoms with Gasteiger partial charge in [0.15, 0.2) is 0 Å². The van der Waals surface area contributed by atoms with Crippen molar-refractivity contribution < 1.29 is 4.79 Å². The molecule has 0 spiro atoms. The summed E-state index contributed by atoms with van der Waals surface area (Å²) in [5.74, 6) is 0.131. The van der Waals surface area contributed by atoms with Gasteiger partial charge in [-0.05, 0) is 36.6 Å². The molecule has 5 nitrogen and oxygen atoms in total. The van der Waals surface area contributed by atoms with Gasteiger partial charge in [0.2, 0.25) is 5.91 Å². The Labute approximate surface area is 141 Å². The maximum atomic E-state index is 12.6. The first-order valence-electron chi connectivity index (χ1n) is 7.89. The number of hydrogen-bond donors (Lipinski definition) is 2. The van der Waals surface area contributed by atoms with Gasteiger partial charge in [0, 0.05) is 43.6 Å². The largest absolute Gasteiger partial charge is 0.355 e. The Bertz CT molecular complexity index is 635. The molecule has 0 atom stereocenters. The van der Waals surface area contributed by atoms with Crippen LogP contribution in [0.15, 0.2) is 42.7 Å². The van der Waals surface area contributed by atoms with E-state index in [1.54, 1.807) is 6.20 Å². The second kappa shape index (κ2) is 7.15. The summed E-state index contributed by atoms with van der Waals surface area (Å²) in [5.41, 5.74) is 0.807. The number of aryl methyl sites for hydroxylation is 1. The van der Waals surface area contributed by atoms with Crippen molar-refractivity contribution in [3.63, 3.8) is 0 Å². The minimum atomic E-state index is -0.334. The van der Waals surface area contributed by atoms with E-state index in [1.165, 1.54) is 0 Å². The molecule has 0 saturated carbocycles. The van der Waals surface area contributed by atoms with Gasteiger partial charge in [-0.25, -0.2) is 0 Å². The first-order chi connectivity index (χ1) is 11.2. The lowest BCUT2D eigenvalue weighted by atomic mass is 9.75. The second-order valence-electron chi connectivity index (χ2n) is 6.07. The van der Waals surface area contributed by atoms with Crippen LogP contribution in [0.1, 0.15) is 12.0 Å². The normalized spacial score (nSPS) is 15.9. The van der Waals surface area contributed by atoms with Crippen molar-refractivity contribution in [2.75, 3.05) is 19.6 Å². The highest BCUT2D eigenvalue weighted by Crippen LogP contribution is 2.28. The molecule has 0 aliphatic carbocycles. The van der Waals surface area contributed by atoms with Crippen LogP contribution in [0.2, 0.25) is 5.02 Å². The average molecular weight is 333 g/mol. The van der Waals surface area contributed by atoms with Gasteiger partial charge in [0.05, 0.1) is 5.41 Å². The van der Waals surface area contributed by atoms with E-state index >= 15 is 0 Å². The number of hydrogen-bond acceptors (Lipinski definition) is 3. The molecule has 0 radical (unpaired) electrons. The van der Waals surface area contributed by atoms with Gasteiger partial charge in [-0.3, -0.25) is 9.48 Å². The van der Waals surface area contributed by atoms with E-state index in [0.29, 0.717) is 6.54 Å². The Morgan fingerprint density at radius 3 is 2.74 bits per heavy atom. The number of benzene rings is 1. The lowest BCUT2D eigenvalue weighted by Gasteiger charge is -2.41. The van der Waals surface area contributed by atoms with Crippen LogP contribution in [0.5, 0.6) is 0 Å². The maximum absolute atomic E-state index is 12.6. The average Bonchev–Trinajstić information content (AvgIpc) is 3.02. The van der Waals surface area contributed by atoms with Gasteiger partial charge in [0.1, 0.15) is 0 Å². The monoisotopic (exact) mass is 332 g/mol. The SMILES string of the molecule is O=C(NCCCn1cccn1)C1(Cc2ccc(Cl)cc2)CNC1. The van der Waals surface area contributed by atoms with Crippen molar-refractivity contribution >= 4 is 17.5 Å². The molecule has 6 heteroatoms. The van der Waals surface area contributed by atoms with Gasteiger partial charge < -0.3 is 10.6 Å². The van der Waals surface area contributed by atoms with Crippen LogP contribution in [0, 0.1) is 5.41 Å². The zero-order chi connectivity index (χ0) is 16.1. The summed E-state index contributed by atoms with van der Waals surface area (Å²) in [6, 6.07) is 9.64. The molecule has 2 heterocycles. The summed E-state index contributed by atoms with van der Waals surface area (Å²) in [6.45, 7) is 2.93. The number of rotatable bonds is 7. The molecule has 0 bridgehead atoms. The van der Waals surface area contributed by atoms with Gasteiger partial charge in [0.25, 0.3) is 0 Å². The zero-order valence-corrected chi connectivity index (χ0v) is 13.7. The van der Waals surface area contributed by atoms with Gasteiger partial charge in [-0.1, -0.05) is 23.7 Å². The van der Waals surface area contributed by atoms with E-state index in [2.05, 4.69) is 15.7 Å². The molecule has 122 valence electrons. The van der Waals surface area contributed by atoms with Crippen molar-refractivity contribution in [2.45, 2.75) is 19.4 Å². The molecule has 1 aromatic carbocycles. The molecule has 1 aliphatic rings. The fourth-order valence-corrected chi connectivity index (χ4v) is 2.97. The summed E-state index contributed by atoms with van der Waals surface area (Å²) < 4.78 is 1.88. The lowest BCUT2D eigenvalue weighted by Crippen LogP contribution is -2.62. The van der Waals surface area contributed by atoms with Crippen molar-refractivity contribution in [1.82, 2.24) is 20.4 Å². The number of carbonyl (C=O) groups is 1. The number of nitrogens with zero attached hydrogens (tertiary/aromatic N) is 2. The molecule has 1 fully saturated rings. The van der Waals surface area contributed by atoms with Crippen LogP contribution in [0.25, 0.3) is 0 Å². The fourth-order valence-electron chi connectivity index (χ4n) is 2.85. The highest BCUT2D eigenvalue weighted by molar-refractivity contribution is 6.30. The first kappa shape index (κ1) is 16.0. The van der Waals surface area contributed by atoms with Gasteiger partial charge in [-0.15, -0.1) is 0 Å². The zero-order valence-electron chi connectivity index (χ0n) is 13.0. The van der Waals surface area contributed by atoms with Gasteiger partial charge >= 0.3 is 0 Å². The number of nitrogens with one attached hydrogen (secondary N) is 2. The van der Waals surface area contributed by atoms with Crippen LogP contribution in [0.3, 0.4) is 0 Å². The smallest absolute Gasteiger partial charge is 0.229 e. The predicted molar refractivity (Wildman–Crippen MR) is 90.3 cm³/mol.